The fraction of sp³-hybridized carbons (Fsp3) is 0.467. The van der Waals surface area contributed by atoms with Crippen LogP contribution in [-0.4, -0.2) is 43.9 Å². The predicted molar refractivity (Wildman–Crippen MR) is 77.5 cm³/mol. The largest absolute Gasteiger partial charge is 0.374 e. The number of aromatic amines is 1. The Morgan fingerprint density at radius 1 is 1.32 bits per heavy atom. The summed E-state index contributed by atoms with van der Waals surface area (Å²) in [5, 5.41) is 8.16. The van der Waals surface area contributed by atoms with E-state index in [2.05, 4.69) is 46.1 Å². The molecule has 4 nitrogen and oxygen atoms in total. The van der Waals surface area contributed by atoms with Gasteiger partial charge in [-0.2, -0.15) is 0 Å². The maximum absolute atomic E-state index is 5.65. The van der Waals surface area contributed by atoms with Gasteiger partial charge in [-0.3, -0.25) is 0 Å². The van der Waals surface area contributed by atoms with E-state index in [0.29, 0.717) is 6.10 Å². The molecule has 4 heteroatoms. The van der Waals surface area contributed by atoms with E-state index in [1.54, 1.807) is 0 Å². The van der Waals surface area contributed by atoms with Crippen molar-refractivity contribution in [1.82, 2.24) is 15.6 Å². The van der Waals surface area contributed by atoms with Crippen molar-refractivity contribution in [2.45, 2.75) is 12.5 Å². The van der Waals surface area contributed by atoms with E-state index in [0.717, 1.165) is 39.2 Å². The first-order valence-electron chi connectivity index (χ1n) is 7.01. The molecule has 19 heavy (non-hydrogen) atoms. The van der Waals surface area contributed by atoms with Gasteiger partial charge in [-0.15, -0.1) is 0 Å². The third-order valence-corrected chi connectivity index (χ3v) is 3.62. The summed E-state index contributed by atoms with van der Waals surface area (Å²) < 4.78 is 5.65. The summed E-state index contributed by atoms with van der Waals surface area (Å²) in [4.78, 5) is 3.32. The average molecular weight is 259 g/mol. The molecule has 0 saturated carbocycles. The molecule has 1 aromatic heterocycles. The van der Waals surface area contributed by atoms with Gasteiger partial charge < -0.3 is 20.4 Å². The molecule has 1 unspecified atom stereocenters. The van der Waals surface area contributed by atoms with Crippen molar-refractivity contribution in [3.8, 4) is 0 Å². The summed E-state index contributed by atoms with van der Waals surface area (Å²) in [6.07, 6.45) is 3.48. The van der Waals surface area contributed by atoms with Gasteiger partial charge in [-0.1, -0.05) is 18.2 Å². The summed E-state index contributed by atoms with van der Waals surface area (Å²) in [6.45, 7) is 4.68. The van der Waals surface area contributed by atoms with Crippen LogP contribution >= 0.6 is 0 Å². The fourth-order valence-electron chi connectivity index (χ4n) is 2.58. The number of ether oxygens (including phenoxy) is 1. The maximum Gasteiger partial charge on any atom is 0.0824 e. The molecular weight excluding hydrogens is 238 g/mol. The molecule has 2 aromatic rings. The van der Waals surface area contributed by atoms with Crippen molar-refractivity contribution < 1.29 is 4.74 Å². The Balaban J connectivity index is 1.47. The lowest BCUT2D eigenvalue weighted by molar-refractivity contribution is 0.0294. The molecule has 1 aliphatic rings. The van der Waals surface area contributed by atoms with E-state index in [1.165, 1.54) is 16.5 Å². The highest BCUT2D eigenvalue weighted by molar-refractivity contribution is 5.83. The molecule has 1 aromatic carbocycles. The smallest absolute Gasteiger partial charge is 0.0824 e. The topological polar surface area (TPSA) is 49.1 Å². The Bertz CT molecular complexity index is 517. The van der Waals surface area contributed by atoms with Gasteiger partial charge in [0.15, 0.2) is 0 Å². The van der Waals surface area contributed by atoms with Crippen LogP contribution in [0.4, 0.5) is 0 Å². The number of hydrogen-bond acceptors (Lipinski definition) is 3. The Hall–Kier alpha value is -1.36. The third kappa shape index (κ3) is 3.15. The van der Waals surface area contributed by atoms with Crippen molar-refractivity contribution >= 4 is 10.9 Å². The average Bonchev–Trinajstić information content (AvgIpc) is 2.88. The molecule has 102 valence electrons. The minimum absolute atomic E-state index is 0.316. The highest BCUT2D eigenvalue weighted by Gasteiger charge is 2.12. The van der Waals surface area contributed by atoms with Gasteiger partial charge in [-0.25, -0.2) is 0 Å². The molecule has 3 rings (SSSR count). The van der Waals surface area contributed by atoms with Crippen LogP contribution in [0.2, 0.25) is 0 Å². The Labute approximate surface area is 113 Å². The van der Waals surface area contributed by atoms with Crippen LogP contribution in [0.15, 0.2) is 30.5 Å². The second-order valence-corrected chi connectivity index (χ2v) is 5.01. The monoisotopic (exact) mass is 259 g/mol. The van der Waals surface area contributed by atoms with Crippen LogP contribution in [0.25, 0.3) is 10.9 Å². The summed E-state index contributed by atoms with van der Waals surface area (Å²) in [5.41, 5.74) is 2.60. The first kappa shape index (κ1) is 12.7. The van der Waals surface area contributed by atoms with Crippen molar-refractivity contribution in [2.75, 3.05) is 32.8 Å². The summed E-state index contributed by atoms with van der Waals surface area (Å²) >= 11 is 0. The van der Waals surface area contributed by atoms with Crippen LogP contribution in [0, 0.1) is 0 Å². The first-order valence-corrected chi connectivity index (χ1v) is 7.01. The van der Waals surface area contributed by atoms with Gasteiger partial charge in [0, 0.05) is 36.7 Å². The number of morpholine rings is 1. The van der Waals surface area contributed by atoms with Crippen LogP contribution in [0.3, 0.4) is 0 Å². The molecular formula is C15H21N3O. The van der Waals surface area contributed by atoms with Crippen molar-refractivity contribution in [1.29, 1.82) is 0 Å². The second-order valence-electron chi connectivity index (χ2n) is 5.01. The van der Waals surface area contributed by atoms with Gasteiger partial charge in [0.05, 0.1) is 12.7 Å². The first-order chi connectivity index (χ1) is 9.43. The molecule has 1 aliphatic heterocycles. The molecule has 1 saturated heterocycles. The van der Waals surface area contributed by atoms with Crippen molar-refractivity contribution in [3.63, 3.8) is 0 Å². The zero-order valence-corrected chi connectivity index (χ0v) is 11.1. The highest BCUT2D eigenvalue weighted by Crippen LogP contribution is 2.17. The van der Waals surface area contributed by atoms with Crippen LogP contribution < -0.4 is 10.6 Å². The van der Waals surface area contributed by atoms with E-state index < -0.39 is 0 Å². The number of aromatic nitrogens is 1. The second kappa shape index (κ2) is 6.19. The Kier molecular flexibility index (Phi) is 4.13. The lowest BCUT2D eigenvalue weighted by atomic mass is 10.1. The summed E-state index contributed by atoms with van der Waals surface area (Å²) in [6, 6.07) is 8.45. The molecule has 0 bridgehead atoms. The lowest BCUT2D eigenvalue weighted by Gasteiger charge is -2.23. The zero-order chi connectivity index (χ0) is 12.9. The van der Waals surface area contributed by atoms with E-state index in [1.807, 2.05) is 0 Å². The number of para-hydroxylation sites is 1. The molecule has 1 atom stereocenters. The number of benzene rings is 1. The molecule has 0 radical (unpaired) electrons. The number of nitrogens with one attached hydrogen (secondary N) is 3. The third-order valence-electron chi connectivity index (χ3n) is 3.62. The number of H-pyrrole nitrogens is 1. The van der Waals surface area contributed by atoms with Gasteiger partial charge in [0.25, 0.3) is 0 Å². The quantitative estimate of drug-likeness (QED) is 0.709. The lowest BCUT2D eigenvalue weighted by Crippen LogP contribution is -2.44. The minimum Gasteiger partial charge on any atom is -0.374 e. The van der Waals surface area contributed by atoms with Crippen molar-refractivity contribution in [3.05, 3.63) is 36.0 Å². The van der Waals surface area contributed by atoms with Gasteiger partial charge in [0.1, 0.15) is 0 Å². The van der Waals surface area contributed by atoms with Gasteiger partial charge in [0.2, 0.25) is 0 Å². The Morgan fingerprint density at radius 2 is 2.26 bits per heavy atom. The highest BCUT2D eigenvalue weighted by atomic mass is 16.5. The van der Waals surface area contributed by atoms with Gasteiger partial charge in [-0.05, 0) is 24.6 Å². The summed E-state index contributed by atoms with van der Waals surface area (Å²) in [5.74, 6) is 0. The zero-order valence-electron chi connectivity index (χ0n) is 11.1. The minimum atomic E-state index is 0.316. The molecule has 2 heterocycles. The van der Waals surface area contributed by atoms with Crippen LogP contribution in [0.1, 0.15) is 5.56 Å². The van der Waals surface area contributed by atoms with Crippen molar-refractivity contribution in [2.24, 2.45) is 0 Å². The molecule has 0 aliphatic carbocycles. The fourth-order valence-corrected chi connectivity index (χ4v) is 2.58. The molecule has 0 amide bonds. The standard InChI is InChI=1S/C15H21N3O/c1-2-4-15-14(3-1)12(9-18-15)5-6-16-10-13-11-17-7-8-19-13/h1-4,9,13,16-18H,5-8,10-11H2. The Morgan fingerprint density at radius 3 is 3.16 bits per heavy atom. The number of hydrogen-bond donors (Lipinski definition) is 3. The number of fused-ring (bicyclic) bond motifs is 1. The molecule has 0 spiro atoms. The van der Waals surface area contributed by atoms with E-state index in [-0.39, 0.29) is 0 Å². The van der Waals surface area contributed by atoms with Crippen LogP contribution in [-0.2, 0) is 11.2 Å². The molecule has 1 fully saturated rings. The van der Waals surface area contributed by atoms with E-state index in [4.69, 9.17) is 4.74 Å². The SMILES string of the molecule is c1ccc2c(CCNCC3CNCCO3)c[nH]c2c1. The van der Waals surface area contributed by atoms with E-state index >= 15 is 0 Å². The predicted octanol–water partition coefficient (Wildman–Crippen LogP) is 1.29. The maximum atomic E-state index is 5.65. The normalized spacial score (nSPS) is 19.9. The van der Waals surface area contributed by atoms with E-state index in [9.17, 15) is 0 Å². The molecule has 3 N–H and O–H groups in total. The van der Waals surface area contributed by atoms with Gasteiger partial charge >= 0.3 is 0 Å². The number of rotatable bonds is 5. The summed E-state index contributed by atoms with van der Waals surface area (Å²) in [7, 11) is 0. The van der Waals surface area contributed by atoms with Crippen LogP contribution in [0.5, 0.6) is 0 Å².